The second-order valence-corrected chi connectivity index (χ2v) is 6.02. The van der Waals surface area contributed by atoms with Crippen LogP contribution in [-0.2, 0) is 0 Å². The lowest BCUT2D eigenvalue weighted by atomic mass is 9.99. The lowest BCUT2D eigenvalue weighted by Gasteiger charge is -2.32. The molecule has 0 saturated carbocycles. The number of hydrogen-bond acceptors (Lipinski definition) is 4. The number of piperidine rings is 1. The molecule has 20 heavy (non-hydrogen) atoms. The lowest BCUT2D eigenvalue weighted by molar-refractivity contribution is 0.169. The van der Waals surface area contributed by atoms with Crippen molar-refractivity contribution in [2.24, 2.45) is 11.7 Å². The standard InChI is InChI=1S/C16H24N2O2/c1-12-3-2-6-18(10-12)11-14(17)13-4-5-15-16(9-13)20-8-7-19-15/h4-5,9,12,14H,2-3,6-8,10-11,17H2,1H3. The number of nitrogens with zero attached hydrogens (tertiary/aromatic N) is 1. The molecule has 0 aliphatic carbocycles. The van der Waals surface area contributed by atoms with Crippen molar-refractivity contribution in [2.45, 2.75) is 25.8 Å². The fraction of sp³-hybridized carbons (Fsp3) is 0.625. The van der Waals surface area contributed by atoms with E-state index in [1.165, 1.54) is 19.4 Å². The molecule has 3 rings (SSSR count). The second-order valence-electron chi connectivity index (χ2n) is 6.02. The molecule has 2 heterocycles. The molecule has 2 N–H and O–H groups in total. The molecule has 2 atom stereocenters. The number of likely N-dealkylation sites (tertiary alicyclic amines) is 1. The molecule has 0 spiro atoms. The van der Waals surface area contributed by atoms with Gasteiger partial charge in [-0.25, -0.2) is 0 Å². The number of benzene rings is 1. The van der Waals surface area contributed by atoms with Gasteiger partial charge in [-0.2, -0.15) is 0 Å². The maximum Gasteiger partial charge on any atom is 0.161 e. The second kappa shape index (κ2) is 6.02. The highest BCUT2D eigenvalue weighted by Crippen LogP contribution is 2.32. The van der Waals surface area contributed by atoms with Crippen molar-refractivity contribution in [3.63, 3.8) is 0 Å². The Labute approximate surface area is 120 Å². The van der Waals surface area contributed by atoms with Gasteiger partial charge in [0.25, 0.3) is 0 Å². The summed E-state index contributed by atoms with van der Waals surface area (Å²) in [5.41, 5.74) is 7.50. The van der Waals surface area contributed by atoms with Gasteiger partial charge in [-0.3, -0.25) is 0 Å². The minimum Gasteiger partial charge on any atom is -0.486 e. The summed E-state index contributed by atoms with van der Waals surface area (Å²) in [6.45, 7) is 6.83. The Kier molecular flexibility index (Phi) is 4.13. The number of ether oxygens (including phenoxy) is 2. The zero-order chi connectivity index (χ0) is 13.9. The van der Waals surface area contributed by atoms with Crippen molar-refractivity contribution in [2.75, 3.05) is 32.8 Å². The number of fused-ring (bicyclic) bond motifs is 1. The molecule has 2 aliphatic heterocycles. The highest BCUT2D eigenvalue weighted by atomic mass is 16.6. The zero-order valence-electron chi connectivity index (χ0n) is 12.2. The first-order valence-corrected chi connectivity index (χ1v) is 7.60. The Bertz CT molecular complexity index is 464. The van der Waals surface area contributed by atoms with Gasteiger partial charge in [-0.05, 0) is 43.0 Å². The van der Waals surface area contributed by atoms with Gasteiger partial charge in [-0.15, -0.1) is 0 Å². The van der Waals surface area contributed by atoms with Crippen molar-refractivity contribution in [3.8, 4) is 11.5 Å². The average molecular weight is 276 g/mol. The highest BCUT2D eigenvalue weighted by molar-refractivity contribution is 5.44. The van der Waals surface area contributed by atoms with Crippen molar-refractivity contribution in [1.82, 2.24) is 4.90 Å². The van der Waals surface area contributed by atoms with Gasteiger partial charge in [0, 0.05) is 19.1 Å². The van der Waals surface area contributed by atoms with Crippen molar-refractivity contribution in [3.05, 3.63) is 23.8 Å². The summed E-state index contributed by atoms with van der Waals surface area (Å²) in [5, 5.41) is 0. The van der Waals surface area contributed by atoms with Gasteiger partial charge < -0.3 is 20.1 Å². The summed E-state index contributed by atoms with van der Waals surface area (Å²) in [5.74, 6) is 2.45. The third-order valence-electron chi connectivity index (χ3n) is 4.19. The van der Waals surface area contributed by atoms with Crippen LogP contribution >= 0.6 is 0 Å². The average Bonchev–Trinajstić information content (AvgIpc) is 2.47. The molecule has 1 aromatic rings. The summed E-state index contributed by atoms with van der Waals surface area (Å²) < 4.78 is 11.2. The predicted molar refractivity (Wildman–Crippen MR) is 79.2 cm³/mol. The largest absolute Gasteiger partial charge is 0.486 e. The highest BCUT2D eigenvalue weighted by Gasteiger charge is 2.20. The number of rotatable bonds is 3. The third kappa shape index (κ3) is 3.07. The Morgan fingerprint density at radius 3 is 2.90 bits per heavy atom. The van der Waals surface area contributed by atoms with Crippen LogP contribution in [0.4, 0.5) is 0 Å². The van der Waals surface area contributed by atoms with Gasteiger partial charge in [0.1, 0.15) is 13.2 Å². The maximum atomic E-state index is 6.37. The Morgan fingerprint density at radius 2 is 2.10 bits per heavy atom. The third-order valence-corrected chi connectivity index (χ3v) is 4.19. The summed E-state index contributed by atoms with van der Waals surface area (Å²) >= 11 is 0. The first kappa shape index (κ1) is 13.7. The molecule has 2 aliphatic rings. The monoisotopic (exact) mass is 276 g/mol. The van der Waals surface area contributed by atoms with E-state index >= 15 is 0 Å². The van der Waals surface area contributed by atoms with E-state index in [0.717, 1.165) is 36.1 Å². The SMILES string of the molecule is CC1CCCN(CC(N)c2ccc3c(c2)OCCO3)C1. The van der Waals surface area contributed by atoms with E-state index in [0.29, 0.717) is 13.2 Å². The van der Waals surface area contributed by atoms with E-state index in [9.17, 15) is 0 Å². The van der Waals surface area contributed by atoms with Crippen molar-refractivity contribution in [1.29, 1.82) is 0 Å². The summed E-state index contributed by atoms with van der Waals surface area (Å²) in [7, 11) is 0. The molecule has 0 aromatic heterocycles. The first-order valence-electron chi connectivity index (χ1n) is 7.60. The normalized spacial score (nSPS) is 24.4. The molecule has 0 amide bonds. The van der Waals surface area contributed by atoms with Crippen LogP contribution in [0.1, 0.15) is 31.4 Å². The molecule has 110 valence electrons. The van der Waals surface area contributed by atoms with E-state index < -0.39 is 0 Å². The summed E-state index contributed by atoms with van der Waals surface area (Å²) in [6.07, 6.45) is 2.63. The van der Waals surface area contributed by atoms with Crippen LogP contribution in [0.5, 0.6) is 11.5 Å². The van der Waals surface area contributed by atoms with Crippen LogP contribution < -0.4 is 15.2 Å². The van der Waals surface area contributed by atoms with Gasteiger partial charge in [0.05, 0.1) is 0 Å². The molecule has 0 radical (unpaired) electrons. The Morgan fingerprint density at radius 1 is 1.30 bits per heavy atom. The number of hydrogen-bond donors (Lipinski definition) is 1. The zero-order valence-corrected chi connectivity index (χ0v) is 12.2. The molecule has 0 bridgehead atoms. The van der Waals surface area contributed by atoms with Crippen molar-refractivity contribution >= 4 is 0 Å². The lowest BCUT2D eigenvalue weighted by Crippen LogP contribution is -2.39. The van der Waals surface area contributed by atoms with Gasteiger partial charge >= 0.3 is 0 Å². The van der Waals surface area contributed by atoms with E-state index in [1.54, 1.807) is 0 Å². The summed E-state index contributed by atoms with van der Waals surface area (Å²) in [6, 6.07) is 6.11. The van der Waals surface area contributed by atoms with Crippen molar-refractivity contribution < 1.29 is 9.47 Å². The van der Waals surface area contributed by atoms with Crippen LogP contribution in [-0.4, -0.2) is 37.7 Å². The van der Waals surface area contributed by atoms with Crippen LogP contribution in [0.15, 0.2) is 18.2 Å². The fourth-order valence-corrected chi connectivity index (χ4v) is 3.13. The fourth-order valence-electron chi connectivity index (χ4n) is 3.13. The molecule has 1 aromatic carbocycles. The Hall–Kier alpha value is -1.26. The van der Waals surface area contributed by atoms with Crippen LogP contribution in [0.25, 0.3) is 0 Å². The molecule has 1 fully saturated rings. The van der Waals surface area contributed by atoms with Gasteiger partial charge in [-0.1, -0.05) is 13.0 Å². The van der Waals surface area contributed by atoms with E-state index in [2.05, 4.69) is 17.9 Å². The Balaban J connectivity index is 1.66. The molecular weight excluding hydrogens is 252 g/mol. The minimum atomic E-state index is 0.0381. The maximum absolute atomic E-state index is 6.37. The molecule has 2 unspecified atom stereocenters. The topological polar surface area (TPSA) is 47.7 Å². The minimum absolute atomic E-state index is 0.0381. The van der Waals surface area contributed by atoms with Crippen LogP contribution in [0.2, 0.25) is 0 Å². The van der Waals surface area contributed by atoms with Gasteiger partial charge in [0.2, 0.25) is 0 Å². The van der Waals surface area contributed by atoms with Crippen LogP contribution in [0.3, 0.4) is 0 Å². The quantitative estimate of drug-likeness (QED) is 0.919. The first-order chi connectivity index (χ1) is 9.72. The molecule has 4 heteroatoms. The molecule has 4 nitrogen and oxygen atoms in total. The summed E-state index contributed by atoms with van der Waals surface area (Å²) in [4.78, 5) is 2.48. The van der Waals surface area contributed by atoms with E-state index in [-0.39, 0.29) is 6.04 Å². The molecular formula is C16H24N2O2. The predicted octanol–water partition coefficient (Wildman–Crippen LogP) is 2.19. The van der Waals surface area contributed by atoms with Gasteiger partial charge in [0.15, 0.2) is 11.5 Å². The van der Waals surface area contributed by atoms with E-state index in [4.69, 9.17) is 15.2 Å². The van der Waals surface area contributed by atoms with Crippen LogP contribution in [0, 0.1) is 5.92 Å². The number of nitrogens with two attached hydrogens (primary N) is 1. The molecule has 1 saturated heterocycles. The van der Waals surface area contributed by atoms with E-state index in [1.807, 2.05) is 12.1 Å². The smallest absolute Gasteiger partial charge is 0.161 e.